The summed E-state index contributed by atoms with van der Waals surface area (Å²) < 4.78 is 16.9. The molecule has 162 valence electrons. The van der Waals surface area contributed by atoms with Crippen molar-refractivity contribution < 1.29 is 23.5 Å². The topological polar surface area (TPSA) is 77.8 Å². The minimum Gasteiger partial charge on any atom is -0.493 e. The van der Waals surface area contributed by atoms with Gasteiger partial charge in [-0.1, -0.05) is 54.1 Å². The third-order valence-electron chi connectivity index (χ3n) is 5.11. The lowest BCUT2D eigenvalue weighted by molar-refractivity contribution is -0.122. The SMILES string of the molecule is COc1ccccc1O[C@@H](C)C(=O)Nc1c(C(=O)c2ccc(C)cc2)oc2ccccc12. The summed E-state index contributed by atoms with van der Waals surface area (Å²) in [6, 6.07) is 21.5. The van der Waals surface area contributed by atoms with Crippen LogP contribution >= 0.6 is 0 Å². The van der Waals surface area contributed by atoms with E-state index in [1.165, 1.54) is 7.11 Å². The number of ether oxygens (including phenoxy) is 2. The fourth-order valence-electron chi connectivity index (χ4n) is 3.35. The predicted octanol–water partition coefficient (Wildman–Crippen LogP) is 5.39. The van der Waals surface area contributed by atoms with Crippen molar-refractivity contribution >= 4 is 28.3 Å². The number of fused-ring (bicyclic) bond motifs is 1. The number of amides is 1. The van der Waals surface area contributed by atoms with Crippen LogP contribution in [-0.4, -0.2) is 24.9 Å². The molecule has 0 radical (unpaired) electrons. The van der Waals surface area contributed by atoms with Crippen LogP contribution in [0.3, 0.4) is 0 Å². The molecule has 1 heterocycles. The molecule has 4 aromatic rings. The van der Waals surface area contributed by atoms with Crippen molar-refractivity contribution in [3.8, 4) is 11.5 Å². The van der Waals surface area contributed by atoms with Gasteiger partial charge in [-0.2, -0.15) is 0 Å². The molecular weight excluding hydrogens is 406 g/mol. The molecule has 4 rings (SSSR count). The quantitative estimate of drug-likeness (QED) is 0.399. The molecule has 1 amide bonds. The van der Waals surface area contributed by atoms with E-state index < -0.39 is 12.0 Å². The van der Waals surface area contributed by atoms with E-state index in [4.69, 9.17) is 13.9 Å². The number of furan rings is 1. The van der Waals surface area contributed by atoms with Gasteiger partial charge >= 0.3 is 0 Å². The van der Waals surface area contributed by atoms with E-state index >= 15 is 0 Å². The molecule has 32 heavy (non-hydrogen) atoms. The van der Waals surface area contributed by atoms with Crippen molar-refractivity contribution in [1.29, 1.82) is 0 Å². The first-order valence-corrected chi connectivity index (χ1v) is 10.2. The highest BCUT2D eigenvalue weighted by Crippen LogP contribution is 2.33. The summed E-state index contributed by atoms with van der Waals surface area (Å²) in [5.41, 5.74) is 2.36. The molecule has 0 unspecified atom stereocenters. The average molecular weight is 429 g/mol. The number of hydrogen-bond donors (Lipinski definition) is 1. The molecule has 1 N–H and O–H groups in total. The molecule has 6 nitrogen and oxygen atoms in total. The highest BCUT2D eigenvalue weighted by Gasteiger charge is 2.25. The van der Waals surface area contributed by atoms with Crippen LogP contribution in [0, 0.1) is 6.92 Å². The van der Waals surface area contributed by atoms with Gasteiger partial charge in [0.2, 0.25) is 5.78 Å². The summed E-state index contributed by atoms with van der Waals surface area (Å²) in [7, 11) is 1.54. The molecule has 3 aromatic carbocycles. The van der Waals surface area contributed by atoms with Gasteiger partial charge < -0.3 is 19.2 Å². The van der Waals surface area contributed by atoms with Crippen molar-refractivity contribution in [2.45, 2.75) is 20.0 Å². The maximum atomic E-state index is 13.2. The maximum Gasteiger partial charge on any atom is 0.265 e. The number of hydrogen-bond acceptors (Lipinski definition) is 5. The number of anilines is 1. The van der Waals surface area contributed by atoms with Crippen LogP contribution in [0.25, 0.3) is 11.0 Å². The van der Waals surface area contributed by atoms with E-state index in [9.17, 15) is 9.59 Å². The van der Waals surface area contributed by atoms with Gasteiger partial charge in [0.05, 0.1) is 12.8 Å². The number of rotatable bonds is 7. The molecule has 0 aliphatic rings. The Kier molecular flexibility index (Phi) is 5.94. The normalized spacial score (nSPS) is 11.7. The zero-order chi connectivity index (χ0) is 22.7. The first-order valence-electron chi connectivity index (χ1n) is 10.2. The Morgan fingerprint density at radius 3 is 2.28 bits per heavy atom. The monoisotopic (exact) mass is 429 g/mol. The van der Waals surface area contributed by atoms with Gasteiger partial charge in [-0.3, -0.25) is 9.59 Å². The molecular formula is C26H23NO5. The lowest BCUT2D eigenvalue weighted by Crippen LogP contribution is -2.30. The van der Waals surface area contributed by atoms with Crippen molar-refractivity contribution in [1.82, 2.24) is 0 Å². The first kappa shape index (κ1) is 21.2. The van der Waals surface area contributed by atoms with Crippen LogP contribution in [0.5, 0.6) is 11.5 Å². The number of carbonyl (C=O) groups is 2. The molecule has 0 spiro atoms. The first-order chi connectivity index (χ1) is 15.5. The highest BCUT2D eigenvalue weighted by atomic mass is 16.5. The van der Waals surface area contributed by atoms with Crippen LogP contribution in [0.4, 0.5) is 5.69 Å². The largest absolute Gasteiger partial charge is 0.493 e. The molecule has 0 saturated heterocycles. The number of aryl methyl sites for hydroxylation is 1. The smallest absolute Gasteiger partial charge is 0.265 e. The Morgan fingerprint density at radius 2 is 1.56 bits per heavy atom. The number of nitrogens with one attached hydrogen (secondary N) is 1. The molecule has 0 bridgehead atoms. The van der Waals surface area contributed by atoms with Crippen molar-refractivity contribution in [2.75, 3.05) is 12.4 Å². The van der Waals surface area contributed by atoms with Crippen LogP contribution in [-0.2, 0) is 4.79 Å². The van der Waals surface area contributed by atoms with E-state index in [-0.39, 0.29) is 11.5 Å². The Hall–Kier alpha value is -4.06. The summed E-state index contributed by atoms with van der Waals surface area (Å²) in [6.07, 6.45) is -0.845. The lowest BCUT2D eigenvalue weighted by Gasteiger charge is -2.16. The predicted molar refractivity (Wildman–Crippen MR) is 123 cm³/mol. The molecule has 1 atom stereocenters. The van der Waals surface area contributed by atoms with Gasteiger partial charge in [-0.05, 0) is 38.1 Å². The third kappa shape index (κ3) is 4.21. The van der Waals surface area contributed by atoms with Gasteiger partial charge in [0.15, 0.2) is 23.4 Å². The van der Waals surface area contributed by atoms with Crippen LogP contribution in [0.15, 0.2) is 77.2 Å². The molecule has 6 heteroatoms. The highest BCUT2D eigenvalue weighted by molar-refractivity contribution is 6.17. The van der Waals surface area contributed by atoms with E-state index in [0.717, 1.165) is 5.56 Å². The van der Waals surface area contributed by atoms with E-state index in [0.29, 0.717) is 33.7 Å². The summed E-state index contributed by atoms with van der Waals surface area (Å²) >= 11 is 0. The molecule has 0 aliphatic carbocycles. The zero-order valence-corrected chi connectivity index (χ0v) is 18.0. The fourth-order valence-corrected chi connectivity index (χ4v) is 3.35. The van der Waals surface area contributed by atoms with Gasteiger partial charge in [0, 0.05) is 10.9 Å². The van der Waals surface area contributed by atoms with Crippen LogP contribution in [0.1, 0.15) is 28.6 Å². The standard InChI is InChI=1S/C26H23NO5/c1-16-12-14-18(15-13-16)24(28)25-23(19-8-4-5-9-20(19)32-25)27-26(29)17(2)31-22-11-7-6-10-21(22)30-3/h4-15,17H,1-3H3,(H,27,29)/t17-/m0/s1. The molecule has 0 fully saturated rings. The average Bonchev–Trinajstić information content (AvgIpc) is 3.17. The summed E-state index contributed by atoms with van der Waals surface area (Å²) in [6.45, 7) is 3.58. The molecule has 0 saturated carbocycles. The second-order valence-corrected chi connectivity index (χ2v) is 7.40. The van der Waals surface area contributed by atoms with Gasteiger partial charge in [0.1, 0.15) is 5.58 Å². The Bertz CT molecular complexity index is 1270. The van der Waals surface area contributed by atoms with Gasteiger partial charge in [-0.15, -0.1) is 0 Å². The summed E-state index contributed by atoms with van der Waals surface area (Å²) in [5.74, 6) is 0.324. The van der Waals surface area contributed by atoms with Crippen molar-refractivity contribution in [2.24, 2.45) is 0 Å². The van der Waals surface area contributed by atoms with Crippen molar-refractivity contribution in [3.63, 3.8) is 0 Å². The second-order valence-electron chi connectivity index (χ2n) is 7.40. The molecule has 1 aromatic heterocycles. The third-order valence-corrected chi connectivity index (χ3v) is 5.11. The molecule has 0 aliphatic heterocycles. The number of methoxy groups -OCH3 is 1. The zero-order valence-electron chi connectivity index (χ0n) is 18.0. The van der Waals surface area contributed by atoms with Crippen LogP contribution < -0.4 is 14.8 Å². The second kappa shape index (κ2) is 8.98. The van der Waals surface area contributed by atoms with E-state index in [2.05, 4.69) is 5.32 Å². The van der Waals surface area contributed by atoms with Gasteiger partial charge in [-0.25, -0.2) is 0 Å². The number of para-hydroxylation sites is 3. The number of benzene rings is 3. The summed E-state index contributed by atoms with van der Waals surface area (Å²) in [5, 5.41) is 3.47. The minimum absolute atomic E-state index is 0.0768. The van der Waals surface area contributed by atoms with E-state index in [1.54, 1.807) is 49.4 Å². The number of carbonyl (C=O) groups excluding carboxylic acids is 2. The summed E-state index contributed by atoms with van der Waals surface area (Å²) in [4.78, 5) is 26.2. The Labute approximate surface area is 185 Å². The van der Waals surface area contributed by atoms with Crippen LogP contribution in [0.2, 0.25) is 0 Å². The van der Waals surface area contributed by atoms with Crippen molar-refractivity contribution in [3.05, 3.63) is 89.7 Å². The van der Waals surface area contributed by atoms with E-state index in [1.807, 2.05) is 37.3 Å². The Balaban J connectivity index is 1.64. The maximum absolute atomic E-state index is 13.2. The lowest BCUT2D eigenvalue weighted by atomic mass is 10.1. The Morgan fingerprint density at radius 1 is 0.906 bits per heavy atom. The minimum atomic E-state index is -0.845. The van der Waals surface area contributed by atoms with Gasteiger partial charge in [0.25, 0.3) is 5.91 Å². The fraction of sp³-hybridized carbons (Fsp3) is 0.154. The number of ketones is 1.